The van der Waals surface area contributed by atoms with Crippen molar-refractivity contribution < 1.29 is 14.3 Å². The molecule has 0 N–H and O–H groups in total. The maximum atomic E-state index is 12.9. The number of benzene rings is 1. The number of aryl methyl sites for hydroxylation is 1. The standard InChI is InChI=1S/C24H27N3O3S/c1-18-6-7-21(22(13-18)29-2)30-16-19-14-23(31-17-19)24(28)27-11-9-26(10-12-27)15-20-5-3-4-8-25-20/h3-8,13-14,17H,9-12,15-16H2,1-2H3. The van der Waals surface area contributed by atoms with Gasteiger partial charge in [-0.1, -0.05) is 12.1 Å². The minimum atomic E-state index is 0.0988. The number of aromatic nitrogens is 1. The molecule has 1 fully saturated rings. The number of carbonyl (C=O) groups excluding carboxylic acids is 1. The van der Waals surface area contributed by atoms with Gasteiger partial charge in [-0.2, -0.15) is 0 Å². The number of thiophene rings is 1. The number of amides is 1. The average molecular weight is 438 g/mol. The highest BCUT2D eigenvalue weighted by Gasteiger charge is 2.23. The molecular weight excluding hydrogens is 410 g/mol. The summed E-state index contributed by atoms with van der Waals surface area (Å²) in [5.74, 6) is 1.52. The fourth-order valence-electron chi connectivity index (χ4n) is 3.60. The maximum Gasteiger partial charge on any atom is 0.264 e. The van der Waals surface area contributed by atoms with Gasteiger partial charge < -0.3 is 14.4 Å². The van der Waals surface area contributed by atoms with E-state index in [0.29, 0.717) is 12.4 Å². The Balaban J connectivity index is 1.29. The normalized spacial score (nSPS) is 14.5. The third kappa shape index (κ3) is 5.42. The van der Waals surface area contributed by atoms with Crippen LogP contribution < -0.4 is 9.47 Å². The molecule has 3 aromatic rings. The average Bonchev–Trinajstić information content (AvgIpc) is 3.28. The van der Waals surface area contributed by atoms with E-state index in [2.05, 4.69) is 9.88 Å². The van der Waals surface area contributed by atoms with Crippen molar-refractivity contribution in [3.63, 3.8) is 0 Å². The lowest BCUT2D eigenvalue weighted by atomic mass is 10.2. The second-order valence-corrected chi connectivity index (χ2v) is 8.56. The van der Waals surface area contributed by atoms with Gasteiger partial charge in [-0.25, -0.2) is 0 Å². The van der Waals surface area contributed by atoms with Crippen LogP contribution in [-0.2, 0) is 13.2 Å². The first kappa shape index (κ1) is 21.3. The molecule has 1 amide bonds. The Morgan fingerprint density at radius 3 is 2.68 bits per heavy atom. The first-order chi connectivity index (χ1) is 15.1. The Morgan fingerprint density at radius 1 is 1.10 bits per heavy atom. The summed E-state index contributed by atoms with van der Waals surface area (Å²) in [6.07, 6.45) is 1.82. The van der Waals surface area contributed by atoms with Crippen molar-refractivity contribution in [1.82, 2.24) is 14.8 Å². The highest BCUT2D eigenvalue weighted by molar-refractivity contribution is 7.12. The molecule has 4 rings (SSSR count). The van der Waals surface area contributed by atoms with E-state index in [1.807, 2.05) is 65.9 Å². The number of rotatable bonds is 7. The molecule has 1 saturated heterocycles. The first-order valence-corrected chi connectivity index (χ1v) is 11.3. The van der Waals surface area contributed by atoms with E-state index < -0.39 is 0 Å². The van der Waals surface area contributed by atoms with Crippen LogP contribution >= 0.6 is 11.3 Å². The molecule has 0 unspecified atom stereocenters. The molecule has 0 radical (unpaired) electrons. The molecule has 1 aliphatic rings. The van der Waals surface area contributed by atoms with Crippen LogP contribution in [0.3, 0.4) is 0 Å². The van der Waals surface area contributed by atoms with Crippen molar-refractivity contribution in [2.24, 2.45) is 0 Å². The van der Waals surface area contributed by atoms with Gasteiger partial charge in [-0.05, 0) is 48.2 Å². The molecule has 162 valence electrons. The highest BCUT2D eigenvalue weighted by atomic mass is 32.1. The summed E-state index contributed by atoms with van der Waals surface area (Å²) in [4.78, 5) is 22.4. The van der Waals surface area contributed by atoms with Gasteiger partial charge in [-0.15, -0.1) is 11.3 Å². The lowest BCUT2D eigenvalue weighted by Gasteiger charge is -2.34. The number of hydrogen-bond acceptors (Lipinski definition) is 6. The largest absolute Gasteiger partial charge is 0.493 e. The summed E-state index contributed by atoms with van der Waals surface area (Å²) in [6.45, 7) is 6.42. The number of pyridine rings is 1. The van der Waals surface area contributed by atoms with E-state index in [4.69, 9.17) is 9.47 Å². The zero-order valence-electron chi connectivity index (χ0n) is 17.9. The van der Waals surface area contributed by atoms with Crippen molar-refractivity contribution >= 4 is 17.2 Å². The van der Waals surface area contributed by atoms with Crippen LogP contribution in [0.15, 0.2) is 54.0 Å². The Morgan fingerprint density at radius 2 is 1.94 bits per heavy atom. The molecule has 1 aliphatic heterocycles. The molecule has 6 nitrogen and oxygen atoms in total. The fourth-order valence-corrected chi connectivity index (χ4v) is 4.47. The van der Waals surface area contributed by atoms with E-state index in [9.17, 15) is 4.79 Å². The van der Waals surface area contributed by atoms with Gasteiger partial charge in [-0.3, -0.25) is 14.7 Å². The number of piperazine rings is 1. The van der Waals surface area contributed by atoms with Gasteiger partial charge >= 0.3 is 0 Å². The number of hydrogen-bond donors (Lipinski definition) is 0. The van der Waals surface area contributed by atoms with Crippen LogP contribution in [0.4, 0.5) is 0 Å². The summed E-state index contributed by atoms with van der Waals surface area (Å²) in [5.41, 5.74) is 3.17. The molecule has 0 spiro atoms. The number of ether oxygens (including phenoxy) is 2. The number of nitrogens with zero attached hydrogens (tertiary/aromatic N) is 3. The molecular formula is C24H27N3O3S. The SMILES string of the molecule is COc1cc(C)ccc1OCc1csc(C(=O)N2CCN(Cc3ccccn3)CC2)c1. The van der Waals surface area contributed by atoms with Gasteiger partial charge in [0.05, 0.1) is 17.7 Å². The van der Waals surface area contributed by atoms with Crippen molar-refractivity contribution in [2.45, 2.75) is 20.1 Å². The van der Waals surface area contributed by atoms with Gasteiger partial charge in [0.2, 0.25) is 0 Å². The molecule has 2 aromatic heterocycles. The molecule has 31 heavy (non-hydrogen) atoms. The lowest BCUT2D eigenvalue weighted by Crippen LogP contribution is -2.48. The molecule has 3 heterocycles. The predicted octanol–water partition coefficient (Wildman–Crippen LogP) is 4.00. The summed E-state index contributed by atoms with van der Waals surface area (Å²) >= 11 is 1.48. The van der Waals surface area contributed by atoms with E-state index in [-0.39, 0.29) is 5.91 Å². The number of methoxy groups -OCH3 is 1. The summed E-state index contributed by atoms with van der Waals surface area (Å²) in [7, 11) is 1.64. The molecule has 0 atom stereocenters. The van der Waals surface area contributed by atoms with E-state index in [1.54, 1.807) is 7.11 Å². The second-order valence-electron chi connectivity index (χ2n) is 7.65. The smallest absolute Gasteiger partial charge is 0.264 e. The Hall–Kier alpha value is -2.90. The Kier molecular flexibility index (Phi) is 6.84. The second kappa shape index (κ2) is 9.94. The molecule has 0 saturated carbocycles. The van der Waals surface area contributed by atoms with Crippen LogP contribution in [0.5, 0.6) is 11.5 Å². The maximum absolute atomic E-state index is 12.9. The minimum Gasteiger partial charge on any atom is -0.493 e. The van der Waals surface area contributed by atoms with Gasteiger partial charge in [0.1, 0.15) is 6.61 Å². The minimum absolute atomic E-state index is 0.0988. The van der Waals surface area contributed by atoms with E-state index in [0.717, 1.165) is 60.2 Å². The third-order valence-corrected chi connectivity index (χ3v) is 6.32. The Bertz CT molecular complexity index is 1010. The van der Waals surface area contributed by atoms with Crippen LogP contribution in [0.25, 0.3) is 0 Å². The summed E-state index contributed by atoms with van der Waals surface area (Å²) in [5, 5.41) is 1.99. The highest BCUT2D eigenvalue weighted by Crippen LogP contribution is 2.29. The zero-order chi connectivity index (χ0) is 21.6. The van der Waals surface area contributed by atoms with Crippen LogP contribution in [0.2, 0.25) is 0 Å². The van der Waals surface area contributed by atoms with Gasteiger partial charge in [0.15, 0.2) is 11.5 Å². The van der Waals surface area contributed by atoms with E-state index >= 15 is 0 Å². The third-order valence-electron chi connectivity index (χ3n) is 5.35. The van der Waals surface area contributed by atoms with Crippen LogP contribution in [-0.4, -0.2) is 54.0 Å². The van der Waals surface area contributed by atoms with Gasteiger partial charge in [0, 0.05) is 44.5 Å². The van der Waals surface area contributed by atoms with Crippen molar-refractivity contribution in [2.75, 3.05) is 33.3 Å². The van der Waals surface area contributed by atoms with Crippen molar-refractivity contribution in [1.29, 1.82) is 0 Å². The van der Waals surface area contributed by atoms with Crippen molar-refractivity contribution in [3.8, 4) is 11.5 Å². The molecule has 7 heteroatoms. The predicted molar refractivity (Wildman–Crippen MR) is 122 cm³/mol. The fraction of sp³-hybridized carbons (Fsp3) is 0.333. The Labute approximate surface area is 187 Å². The quantitative estimate of drug-likeness (QED) is 0.559. The topological polar surface area (TPSA) is 54.9 Å². The van der Waals surface area contributed by atoms with Gasteiger partial charge in [0.25, 0.3) is 5.91 Å². The van der Waals surface area contributed by atoms with Crippen molar-refractivity contribution in [3.05, 3.63) is 75.7 Å². The summed E-state index contributed by atoms with van der Waals surface area (Å²) < 4.78 is 11.3. The first-order valence-electron chi connectivity index (χ1n) is 10.4. The monoisotopic (exact) mass is 437 g/mol. The summed E-state index contributed by atoms with van der Waals surface area (Å²) in [6, 6.07) is 13.8. The molecule has 0 aliphatic carbocycles. The van der Waals surface area contributed by atoms with Crippen LogP contribution in [0.1, 0.15) is 26.5 Å². The molecule has 0 bridgehead atoms. The van der Waals surface area contributed by atoms with Crippen LogP contribution in [0, 0.1) is 6.92 Å². The lowest BCUT2D eigenvalue weighted by molar-refractivity contribution is 0.0631. The number of carbonyl (C=O) groups is 1. The molecule has 1 aromatic carbocycles. The zero-order valence-corrected chi connectivity index (χ0v) is 18.7. The van der Waals surface area contributed by atoms with E-state index in [1.165, 1.54) is 11.3 Å².